The first kappa shape index (κ1) is 30.5. The van der Waals surface area contributed by atoms with Gasteiger partial charge in [0, 0.05) is 37.2 Å². The average molecular weight is 587 g/mol. The molecule has 3 heterocycles. The van der Waals surface area contributed by atoms with Crippen LogP contribution < -0.4 is 15.8 Å². The Balaban J connectivity index is 1.18. The van der Waals surface area contributed by atoms with E-state index in [1.807, 2.05) is 41.7 Å². The highest BCUT2D eigenvalue weighted by Crippen LogP contribution is 2.34. The Hall–Kier alpha value is -3.92. The summed E-state index contributed by atoms with van der Waals surface area (Å²) in [4.78, 5) is 19.0. The van der Waals surface area contributed by atoms with Crippen molar-refractivity contribution in [1.29, 1.82) is 0 Å². The number of Topliss-reactive ketones (excluding diaryl/α,β-unsaturated/α-hetero) is 1. The van der Waals surface area contributed by atoms with Crippen molar-refractivity contribution in [1.82, 2.24) is 10.2 Å². The van der Waals surface area contributed by atoms with Crippen molar-refractivity contribution in [2.45, 2.75) is 77.2 Å². The number of allylic oxidation sites excluding steroid dienone is 1. The number of aryl methyl sites for hydroxylation is 1. The van der Waals surface area contributed by atoms with Gasteiger partial charge in [0.1, 0.15) is 11.9 Å². The summed E-state index contributed by atoms with van der Waals surface area (Å²) in [6, 6.07) is 9.06. The number of phenolic OH excluding ortho intramolecular Hbond substituents is 1. The Bertz CT molecular complexity index is 1460. The van der Waals surface area contributed by atoms with Gasteiger partial charge < -0.3 is 36.0 Å². The third kappa shape index (κ3) is 7.36. The van der Waals surface area contributed by atoms with E-state index in [1.165, 1.54) is 0 Å². The zero-order valence-corrected chi connectivity index (χ0v) is 24.8. The number of phenols is 1. The quantitative estimate of drug-likeness (QED) is 0.194. The van der Waals surface area contributed by atoms with E-state index in [4.69, 9.17) is 10.5 Å². The minimum Gasteiger partial charge on any atom is -0.504 e. The van der Waals surface area contributed by atoms with Crippen LogP contribution in [0.5, 0.6) is 11.5 Å². The average Bonchev–Trinajstić information content (AvgIpc) is 3.57. The predicted octanol–water partition coefficient (Wildman–Crippen LogP) is 4.37. The summed E-state index contributed by atoms with van der Waals surface area (Å²) in [6.45, 7) is 2.86. The number of aromatic hydroxyl groups is 1. The van der Waals surface area contributed by atoms with Crippen LogP contribution in [0, 0.1) is 0 Å². The second-order valence-corrected chi connectivity index (χ2v) is 11.5. The number of ether oxygens (including phenoxy) is 1. The van der Waals surface area contributed by atoms with Gasteiger partial charge in [0.25, 0.3) is 0 Å². The minimum atomic E-state index is -0.575. The van der Waals surface area contributed by atoms with Crippen molar-refractivity contribution in [2.24, 2.45) is 10.7 Å². The molecule has 5 rings (SSSR count). The van der Waals surface area contributed by atoms with Crippen LogP contribution in [0.4, 0.5) is 0 Å². The molecule has 228 valence electrons. The van der Waals surface area contributed by atoms with Gasteiger partial charge in [-0.15, -0.1) is 0 Å². The fourth-order valence-corrected chi connectivity index (χ4v) is 5.84. The van der Waals surface area contributed by atoms with Crippen LogP contribution in [0.15, 0.2) is 65.1 Å². The fourth-order valence-electron chi connectivity index (χ4n) is 5.84. The molecule has 0 saturated heterocycles. The molecular weight excluding hydrogens is 544 g/mol. The molecule has 0 aromatic heterocycles. The second kappa shape index (κ2) is 14.0. The van der Waals surface area contributed by atoms with Crippen LogP contribution >= 0.6 is 0 Å². The maximum absolute atomic E-state index is 12.4. The van der Waals surface area contributed by atoms with E-state index >= 15 is 0 Å². The standard InChI is InChI=1S/C34H42N4O5/c1-2-3-4-5-25(40)16-26(41)9-6-22-7-11-32(42)33(14-22)43-21-38-18-30-24(17-37-31(30)19-38)15-29-23(20-39)8-10-28-27(29)12-13-36-34(28)35/h7-8,10-14,17-18,25,34,36,39-40,42H,2-6,9,15-16,19-21,35H2,1H3. The van der Waals surface area contributed by atoms with Gasteiger partial charge in [0.05, 0.1) is 25.0 Å². The molecule has 43 heavy (non-hydrogen) atoms. The largest absolute Gasteiger partial charge is 0.504 e. The number of nitrogens with two attached hydrogens (primary N) is 1. The number of hydrogen-bond donors (Lipinski definition) is 5. The number of fused-ring (bicyclic) bond motifs is 2. The first-order chi connectivity index (χ1) is 20.9. The molecule has 3 aliphatic heterocycles. The summed E-state index contributed by atoms with van der Waals surface area (Å²) in [5.41, 5.74) is 14.1. The zero-order chi connectivity index (χ0) is 30.3. The second-order valence-electron chi connectivity index (χ2n) is 11.5. The Morgan fingerprint density at radius 2 is 2.12 bits per heavy atom. The third-order valence-corrected chi connectivity index (χ3v) is 8.29. The summed E-state index contributed by atoms with van der Waals surface area (Å²) in [6.07, 6.45) is 12.3. The zero-order valence-electron chi connectivity index (χ0n) is 24.8. The lowest BCUT2D eigenvalue weighted by molar-refractivity contribution is -0.121. The Morgan fingerprint density at radius 1 is 1.26 bits per heavy atom. The van der Waals surface area contributed by atoms with Crippen LogP contribution in [0.2, 0.25) is 0 Å². The van der Waals surface area contributed by atoms with Crippen molar-refractivity contribution in [2.75, 3.05) is 13.3 Å². The van der Waals surface area contributed by atoms with E-state index in [0.29, 0.717) is 38.0 Å². The summed E-state index contributed by atoms with van der Waals surface area (Å²) in [7, 11) is 0. The molecule has 6 N–H and O–H groups in total. The molecule has 0 fully saturated rings. The first-order valence-corrected chi connectivity index (χ1v) is 15.2. The predicted molar refractivity (Wildman–Crippen MR) is 167 cm³/mol. The molecule has 2 unspecified atom stereocenters. The number of rotatable bonds is 15. The summed E-state index contributed by atoms with van der Waals surface area (Å²) >= 11 is 0. The first-order valence-electron chi connectivity index (χ1n) is 15.2. The van der Waals surface area contributed by atoms with Crippen LogP contribution in [0.3, 0.4) is 0 Å². The van der Waals surface area contributed by atoms with E-state index in [0.717, 1.165) is 63.9 Å². The molecule has 0 spiro atoms. The molecule has 9 heteroatoms. The highest BCUT2D eigenvalue weighted by Gasteiger charge is 2.28. The monoisotopic (exact) mass is 586 g/mol. The molecule has 9 nitrogen and oxygen atoms in total. The summed E-state index contributed by atoms with van der Waals surface area (Å²) in [5.74, 6) is 0.438. The highest BCUT2D eigenvalue weighted by atomic mass is 16.5. The van der Waals surface area contributed by atoms with Gasteiger partial charge in [-0.3, -0.25) is 9.79 Å². The van der Waals surface area contributed by atoms with Crippen molar-refractivity contribution in [3.8, 4) is 11.5 Å². The van der Waals surface area contributed by atoms with Gasteiger partial charge in [-0.05, 0) is 70.6 Å². The Labute approximate surface area is 253 Å². The number of carbonyl (C=O) groups is 1. The lowest BCUT2D eigenvalue weighted by atomic mass is 9.88. The summed E-state index contributed by atoms with van der Waals surface area (Å²) < 4.78 is 6.00. The molecule has 2 aromatic carbocycles. The van der Waals surface area contributed by atoms with Crippen LogP contribution in [-0.4, -0.2) is 51.1 Å². The normalized spacial score (nSPS) is 17.5. The van der Waals surface area contributed by atoms with E-state index in [9.17, 15) is 20.1 Å². The lowest BCUT2D eigenvalue weighted by Crippen LogP contribution is -2.28. The molecule has 0 saturated carbocycles. The highest BCUT2D eigenvalue weighted by molar-refractivity contribution is 6.09. The molecule has 0 aliphatic carbocycles. The van der Waals surface area contributed by atoms with Crippen LogP contribution in [0.1, 0.15) is 79.4 Å². The van der Waals surface area contributed by atoms with Gasteiger partial charge in [0.2, 0.25) is 0 Å². The fraction of sp³-hybridized carbons (Fsp3) is 0.412. The van der Waals surface area contributed by atoms with E-state index in [1.54, 1.807) is 18.2 Å². The van der Waals surface area contributed by atoms with Gasteiger partial charge in [-0.1, -0.05) is 44.4 Å². The maximum atomic E-state index is 12.4. The number of carbonyl (C=O) groups excluding carboxylic acids is 1. The number of unbranched alkanes of at least 4 members (excludes halogenated alkanes) is 2. The number of ketones is 1. The van der Waals surface area contributed by atoms with Gasteiger partial charge in [-0.2, -0.15) is 0 Å². The Morgan fingerprint density at radius 3 is 2.93 bits per heavy atom. The number of aliphatic hydroxyl groups is 2. The number of nitrogens with zero attached hydrogens (tertiary/aromatic N) is 2. The van der Waals surface area contributed by atoms with Crippen molar-refractivity contribution >= 4 is 17.6 Å². The maximum Gasteiger partial charge on any atom is 0.163 e. The lowest BCUT2D eigenvalue weighted by Gasteiger charge is -2.24. The molecule has 0 amide bonds. The summed E-state index contributed by atoms with van der Waals surface area (Å²) in [5, 5.41) is 33.7. The van der Waals surface area contributed by atoms with Gasteiger partial charge in [-0.25, -0.2) is 0 Å². The van der Waals surface area contributed by atoms with Crippen molar-refractivity contribution in [3.63, 3.8) is 0 Å². The van der Waals surface area contributed by atoms with E-state index in [-0.39, 0.29) is 37.5 Å². The third-order valence-electron chi connectivity index (χ3n) is 8.29. The molecule has 2 atom stereocenters. The topological polar surface area (TPSA) is 141 Å². The van der Waals surface area contributed by atoms with Crippen molar-refractivity contribution < 1.29 is 24.9 Å². The number of aliphatic imine (C=N–C) groups is 1. The number of hydrogen-bond acceptors (Lipinski definition) is 9. The molecule has 3 aliphatic rings. The number of benzene rings is 2. The van der Waals surface area contributed by atoms with Crippen molar-refractivity contribution in [3.05, 3.63) is 87.9 Å². The van der Waals surface area contributed by atoms with Crippen LogP contribution in [-0.2, 0) is 24.2 Å². The SMILES string of the molecule is CCCCCC(O)CC(=O)CCc1ccc(O)c(OCN2C=C3C(Cc4c(CO)ccc5c4C=CNC5N)=CN=C3C2)c1. The smallest absolute Gasteiger partial charge is 0.163 e. The number of aliphatic hydroxyl groups excluding tert-OH is 2. The molecule has 0 bridgehead atoms. The van der Waals surface area contributed by atoms with Gasteiger partial charge in [0.15, 0.2) is 18.2 Å². The number of nitrogens with one attached hydrogen (secondary N) is 1. The van der Waals surface area contributed by atoms with E-state index < -0.39 is 6.10 Å². The molecular formula is C34H42N4O5. The molecule has 0 radical (unpaired) electrons. The molecule has 2 aromatic rings. The Kier molecular flexibility index (Phi) is 9.97. The van der Waals surface area contributed by atoms with Crippen LogP contribution in [0.25, 0.3) is 6.08 Å². The van der Waals surface area contributed by atoms with Gasteiger partial charge >= 0.3 is 0 Å². The van der Waals surface area contributed by atoms with E-state index in [2.05, 4.69) is 17.2 Å². The minimum absolute atomic E-state index is 0.0389.